The number of para-hydroxylation sites is 2. The normalized spacial score (nSPS) is 16.2. The van der Waals surface area contributed by atoms with Crippen molar-refractivity contribution in [1.82, 2.24) is 9.88 Å². The van der Waals surface area contributed by atoms with Gasteiger partial charge < -0.3 is 59.8 Å². The van der Waals surface area contributed by atoms with Crippen molar-refractivity contribution in [2.45, 2.75) is 111 Å². The summed E-state index contributed by atoms with van der Waals surface area (Å²) in [7, 11) is 6.28. The standard InChI is InChI=1S/C27H38N2O9.C26H28N3.C23H16O6/c1-6-7-8-10-19-24(38-21(31)13-15(2)3)17(5)37-27(35)22(16(4)36-26(19)34)29-25(33)18-11-9-12-20(23(18)32)28-14-30;1-19-17-21(20(2)29(19)24-9-7-6-8-10-24)11-13-23-14-12-22-18-25(27(3)4)15-16-26(22)28(23)5;24-20-16(14-7-3-1-5-12(14)9-18(20)22(26)27)11-17-15-8-4-2-6-13(15)10-19(21(17)25)23(28)29/h9,11-12,14-17,19,22,24,32H,6-8,10,13H2,1-5H3,(H,28,30)(H,29,33);6-18H,1-5H3;1-10,24-25H,11H2,(H,26,27)(H,28,29)/q;+1;/p-1. The number of phenols is 2. The molecule has 2 amide bonds. The highest BCUT2D eigenvalue weighted by Crippen LogP contribution is 2.39. The second-order valence-corrected chi connectivity index (χ2v) is 24.4. The number of fused-ring (bicyclic) bond motifs is 3. The van der Waals surface area contributed by atoms with E-state index in [1.807, 2.05) is 20.8 Å². The van der Waals surface area contributed by atoms with Gasteiger partial charge in [0.15, 0.2) is 17.9 Å². The Balaban J connectivity index is 0.000000186. The van der Waals surface area contributed by atoms with E-state index in [-0.39, 0.29) is 52.3 Å². The highest BCUT2D eigenvalue weighted by molar-refractivity contribution is 6.03. The van der Waals surface area contributed by atoms with Crippen LogP contribution in [0.4, 0.5) is 11.4 Å². The van der Waals surface area contributed by atoms with Gasteiger partial charge in [-0.1, -0.05) is 119 Å². The number of carboxylic acid groups (broad SMARTS) is 2. The number of phenolic OH excluding ortho intramolecular Hbond substituents is 1. The fraction of sp³-hybridized carbons (Fsp3) is 0.289. The van der Waals surface area contributed by atoms with Crippen LogP contribution in [-0.4, -0.2) is 106 Å². The number of carboxylic acids is 2. The summed E-state index contributed by atoms with van der Waals surface area (Å²) in [4.78, 5) is 88.0. The molecule has 0 saturated carbocycles. The molecule has 1 saturated heterocycles. The molecular formula is C76H81N5O15. The Morgan fingerprint density at radius 3 is 1.99 bits per heavy atom. The zero-order valence-electron chi connectivity index (χ0n) is 55.4. The number of hydrogen-bond donors (Lipinski definition) is 6. The van der Waals surface area contributed by atoms with Crippen molar-refractivity contribution >= 4 is 98.1 Å². The summed E-state index contributed by atoms with van der Waals surface area (Å²) in [5.41, 5.74) is 8.19. The van der Waals surface area contributed by atoms with Gasteiger partial charge in [0.1, 0.15) is 30.6 Å². The van der Waals surface area contributed by atoms with Crippen LogP contribution in [0.25, 0.3) is 50.3 Å². The Kier molecular flexibility index (Phi) is 23.4. The number of aryl methyl sites for hydroxylation is 2. The Morgan fingerprint density at radius 1 is 0.719 bits per heavy atom. The molecule has 0 spiro atoms. The predicted molar refractivity (Wildman–Crippen MR) is 366 cm³/mol. The molecule has 5 unspecified atom stereocenters. The first kappa shape index (κ1) is 70.8. The highest BCUT2D eigenvalue weighted by atomic mass is 16.6. The molecule has 20 nitrogen and oxygen atoms in total. The lowest BCUT2D eigenvalue weighted by molar-refractivity contribution is -0.646. The lowest BCUT2D eigenvalue weighted by Crippen LogP contribution is -2.50. The van der Waals surface area contributed by atoms with E-state index < -0.39 is 83.3 Å². The first-order valence-corrected chi connectivity index (χ1v) is 31.7. The molecule has 96 heavy (non-hydrogen) atoms. The molecule has 1 fully saturated rings. The smallest absolute Gasteiger partial charge is 0.339 e. The summed E-state index contributed by atoms with van der Waals surface area (Å²) in [5, 5.41) is 61.2. The van der Waals surface area contributed by atoms with Gasteiger partial charge in [-0.15, -0.1) is 0 Å². The van der Waals surface area contributed by atoms with Gasteiger partial charge in [0, 0.05) is 78.9 Å². The van der Waals surface area contributed by atoms with Crippen molar-refractivity contribution in [3.05, 3.63) is 196 Å². The van der Waals surface area contributed by atoms with E-state index in [4.69, 9.17) is 14.2 Å². The van der Waals surface area contributed by atoms with Crippen molar-refractivity contribution in [2.75, 3.05) is 24.3 Å². The average molecular weight is 1300 g/mol. The van der Waals surface area contributed by atoms with Crippen molar-refractivity contribution in [3.63, 3.8) is 0 Å². The molecule has 0 bridgehead atoms. The molecule has 6 N–H and O–H groups in total. The van der Waals surface area contributed by atoms with Gasteiger partial charge in [0.2, 0.25) is 17.6 Å². The molecule has 0 radical (unpaired) electrons. The van der Waals surface area contributed by atoms with E-state index in [1.54, 1.807) is 48.5 Å². The fourth-order valence-corrected chi connectivity index (χ4v) is 11.9. The Hall–Kier alpha value is -11.0. The number of aromatic hydroxyl groups is 2. The molecular weight excluding hydrogens is 1220 g/mol. The van der Waals surface area contributed by atoms with Gasteiger partial charge >= 0.3 is 29.8 Å². The number of aromatic nitrogens is 2. The molecule has 1 aliphatic rings. The van der Waals surface area contributed by atoms with Gasteiger partial charge in [-0.05, 0) is 139 Å². The minimum Gasteiger partial charge on any atom is -0.872 e. The van der Waals surface area contributed by atoms with Gasteiger partial charge in [-0.25, -0.2) is 14.4 Å². The number of nitrogens with zero attached hydrogens (tertiary/aromatic N) is 3. The number of carbonyl (C=O) groups is 7. The van der Waals surface area contributed by atoms with E-state index in [1.165, 1.54) is 89.1 Å². The third-order valence-electron chi connectivity index (χ3n) is 16.9. The van der Waals surface area contributed by atoms with E-state index >= 15 is 0 Å². The summed E-state index contributed by atoms with van der Waals surface area (Å²) in [5.74, 6) is -7.99. The number of ether oxygens (including phenoxy) is 3. The first-order valence-electron chi connectivity index (χ1n) is 31.7. The van der Waals surface area contributed by atoms with Crippen molar-refractivity contribution in [1.29, 1.82) is 0 Å². The van der Waals surface area contributed by atoms with Gasteiger partial charge in [0.05, 0.1) is 22.7 Å². The number of cyclic esters (lactones) is 2. The van der Waals surface area contributed by atoms with Crippen LogP contribution in [0, 0.1) is 25.7 Å². The zero-order chi connectivity index (χ0) is 69.7. The third-order valence-corrected chi connectivity index (χ3v) is 16.9. The maximum atomic E-state index is 13.3. The summed E-state index contributed by atoms with van der Waals surface area (Å²) in [6, 6.07) is 43.0. The maximum Gasteiger partial charge on any atom is 0.339 e. The number of rotatable bonds is 19. The van der Waals surface area contributed by atoms with E-state index in [2.05, 4.69) is 139 Å². The van der Waals surface area contributed by atoms with Crippen LogP contribution >= 0.6 is 0 Å². The van der Waals surface area contributed by atoms with Gasteiger partial charge in [0.25, 0.3) is 5.91 Å². The molecule has 2 aromatic heterocycles. The number of carbonyl (C=O) groups excluding carboxylic acids is 5. The Morgan fingerprint density at radius 2 is 1.35 bits per heavy atom. The summed E-state index contributed by atoms with van der Waals surface area (Å²) in [6.07, 6.45) is 4.38. The monoisotopic (exact) mass is 1300 g/mol. The maximum absolute atomic E-state index is 13.3. The van der Waals surface area contributed by atoms with Crippen molar-refractivity contribution in [2.24, 2.45) is 18.9 Å². The van der Waals surface area contributed by atoms with Gasteiger partial charge in [-0.2, -0.15) is 4.57 Å². The number of hydrogen-bond acceptors (Lipinski definition) is 14. The molecule has 0 aliphatic carbocycles. The van der Waals surface area contributed by atoms with Gasteiger partial charge in [-0.3, -0.25) is 19.2 Å². The van der Waals surface area contributed by atoms with Crippen molar-refractivity contribution < 1.29 is 77.9 Å². The lowest BCUT2D eigenvalue weighted by atomic mass is 9.90. The van der Waals surface area contributed by atoms with Crippen LogP contribution in [0.1, 0.15) is 132 Å². The Bertz CT molecular complexity index is 4300. The number of aromatic carboxylic acids is 2. The second-order valence-electron chi connectivity index (χ2n) is 24.4. The van der Waals surface area contributed by atoms with Crippen molar-refractivity contribution in [3.8, 4) is 22.9 Å². The van der Waals surface area contributed by atoms with Crippen LogP contribution < -0.4 is 25.2 Å². The lowest BCUT2D eigenvalue weighted by Gasteiger charge is -2.29. The second kappa shape index (κ2) is 31.7. The molecule has 1 aliphatic heterocycles. The first-order chi connectivity index (χ1) is 45.8. The molecule has 9 aromatic rings. The number of benzene rings is 7. The molecule has 3 heterocycles. The van der Waals surface area contributed by atoms with Crippen LogP contribution in [0.5, 0.6) is 17.2 Å². The SMILES string of the molecule is CCCCCC1C(=O)OC(C)C(NC(=O)c2cccc(NC=O)c2O)C(=O)OC(C)C1OC(=O)CC(C)C.Cc1cc(C=Cc2ccc3cc(N(C)C)ccc3[n+]2C)c(C)n1-c1ccccc1.O=C(O)c1cc2ccccc2c(Cc2c(O)c(C(=O)O)cc3ccccc23)c1[O-]. The molecule has 5 atom stereocenters. The fourth-order valence-electron chi connectivity index (χ4n) is 11.9. The third kappa shape index (κ3) is 16.5. The van der Waals surface area contributed by atoms with Crippen LogP contribution in [0.2, 0.25) is 0 Å². The quantitative estimate of drug-likeness (QED) is 0.0110. The summed E-state index contributed by atoms with van der Waals surface area (Å²) >= 11 is 0. The number of esters is 3. The number of nitrogens with one attached hydrogen (secondary N) is 2. The molecule has 7 aromatic carbocycles. The zero-order valence-corrected chi connectivity index (χ0v) is 55.4. The molecule has 20 heteroatoms. The number of pyridine rings is 1. The number of anilines is 2. The Labute approximate surface area is 557 Å². The largest absolute Gasteiger partial charge is 0.872 e. The van der Waals surface area contributed by atoms with Crippen LogP contribution in [0.15, 0.2) is 146 Å². The molecule has 10 rings (SSSR count). The summed E-state index contributed by atoms with van der Waals surface area (Å²) in [6.45, 7) is 13.0. The summed E-state index contributed by atoms with van der Waals surface area (Å²) < 4.78 is 21.4. The highest BCUT2D eigenvalue weighted by Gasteiger charge is 2.44. The molecule has 500 valence electrons. The number of amides is 2. The minimum absolute atomic E-state index is 0.00114. The minimum atomic E-state index is -1.42. The van der Waals surface area contributed by atoms with E-state index in [9.17, 15) is 59.1 Å². The average Bonchev–Trinajstić information content (AvgIpc) is 0.992. The predicted octanol–water partition coefficient (Wildman–Crippen LogP) is 12.2. The topological polar surface area (TPSA) is 287 Å². The van der Waals surface area contributed by atoms with Crippen LogP contribution in [0.3, 0.4) is 0 Å². The van der Waals surface area contributed by atoms with Crippen LogP contribution in [-0.2, 0) is 46.9 Å². The van der Waals surface area contributed by atoms with E-state index in [0.29, 0.717) is 40.8 Å². The number of unbranched alkanes of at least 4 members (excludes halogenated alkanes) is 2. The van der Waals surface area contributed by atoms with E-state index in [0.717, 1.165) is 12.8 Å².